The highest BCUT2D eigenvalue weighted by Crippen LogP contribution is 2.21. The zero-order chi connectivity index (χ0) is 17.0. The quantitative estimate of drug-likeness (QED) is 0.844. The summed E-state index contributed by atoms with van der Waals surface area (Å²) in [6.07, 6.45) is 0.350. The summed E-state index contributed by atoms with van der Waals surface area (Å²) < 4.78 is 5.03. The number of piperidine rings is 1. The summed E-state index contributed by atoms with van der Waals surface area (Å²) in [6.45, 7) is 2.28. The van der Waals surface area contributed by atoms with E-state index in [1.165, 1.54) is 6.92 Å². The predicted molar refractivity (Wildman–Crippen MR) is 84.8 cm³/mol. The third-order valence-corrected chi connectivity index (χ3v) is 4.08. The molecule has 1 aromatic rings. The van der Waals surface area contributed by atoms with Crippen LogP contribution in [0, 0.1) is 5.92 Å². The molecule has 2 N–H and O–H groups in total. The molecule has 1 aromatic carbocycles. The number of halogens is 1. The van der Waals surface area contributed by atoms with E-state index in [9.17, 15) is 14.4 Å². The number of ether oxygens (including phenoxy) is 1. The first kappa shape index (κ1) is 17.3. The van der Waals surface area contributed by atoms with Crippen molar-refractivity contribution in [2.45, 2.75) is 25.9 Å². The van der Waals surface area contributed by atoms with E-state index >= 15 is 0 Å². The summed E-state index contributed by atoms with van der Waals surface area (Å²) in [7, 11) is 0. The molecule has 0 bridgehead atoms. The standard InChI is InChI=1S/C16H19ClN2O4/c1-10(14(18)20)23-16(22)12-3-2-8-19(9-12)15(21)11-4-6-13(17)7-5-11/h4-7,10,12H,2-3,8-9H2,1H3,(H2,18,20)/t10-,12-/m1/s1. The number of carbonyl (C=O) groups excluding carboxylic acids is 3. The number of carbonyl (C=O) groups is 3. The fourth-order valence-corrected chi connectivity index (χ4v) is 2.58. The van der Waals surface area contributed by atoms with Crippen molar-refractivity contribution in [2.75, 3.05) is 13.1 Å². The van der Waals surface area contributed by atoms with E-state index in [1.54, 1.807) is 29.2 Å². The maximum absolute atomic E-state index is 12.5. The minimum Gasteiger partial charge on any atom is -0.452 e. The Hall–Kier alpha value is -2.08. The molecule has 1 aliphatic rings. The summed E-state index contributed by atoms with van der Waals surface area (Å²) in [4.78, 5) is 37.1. The maximum atomic E-state index is 12.5. The first-order chi connectivity index (χ1) is 10.9. The van der Waals surface area contributed by atoms with Crippen molar-refractivity contribution in [1.29, 1.82) is 0 Å². The molecule has 7 heteroatoms. The second-order valence-corrected chi connectivity index (χ2v) is 6.02. The van der Waals surface area contributed by atoms with Gasteiger partial charge in [-0.05, 0) is 44.0 Å². The number of rotatable bonds is 4. The molecule has 1 fully saturated rings. The number of amides is 2. The monoisotopic (exact) mass is 338 g/mol. The van der Waals surface area contributed by atoms with Crippen molar-refractivity contribution in [3.63, 3.8) is 0 Å². The molecule has 0 radical (unpaired) electrons. The van der Waals surface area contributed by atoms with E-state index < -0.39 is 23.9 Å². The van der Waals surface area contributed by atoms with Crippen molar-refractivity contribution >= 4 is 29.4 Å². The second kappa shape index (κ2) is 7.46. The van der Waals surface area contributed by atoms with Gasteiger partial charge in [0.2, 0.25) is 0 Å². The van der Waals surface area contributed by atoms with Crippen LogP contribution >= 0.6 is 11.6 Å². The zero-order valence-electron chi connectivity index (χ0n) is 12.8. The third-order valence-electron chi connectivity index (χ3n) is 3.83. The number of nitrogens with two attached hydrogens (primary N) is 1. The highest BCUT2D eigenvalue weighted by atomic mass is 35.5. The van der Waals surface area contributed by atoms with Gasteiger partial charge in [-0.2, -0.15) is 0 Å². The first-order valence-electron chi connectivity index (χ1n) is 7.43. The molecular formula is C16H19ClN2O4. The molecule has 0 aromatic heterocycles. The highest BCUT2D eigenvalue weighted by molar-refractivity contribution is 6.30. The van der Waals surface area contributed by atoms with Gasteiger partial charge in [0, 0.05) is 23.7 Å². The summed E-state index contributed by atoms with van der Waals surface area (Å²) >= 11 is 5.82. The van der Waals surface area contributed by atoms with E-state index in [4.69, 9.17) is 22.1 Å². The van der Waals surface area contributed by atoms with Crippen LogP contribution in [0.25, 0.3) is 0 Å². The number of hydrogen-bond acceptors (Lipinski definition) is 4. The average molecular weight is 339 g/mol. The molecule has 6 nitrogen and oxygen atoms in total. The Balaban J connectivity index is 2.00. The molecular weight excluding hydrogens is 320 g/mol. The van der Waals surface area contributed by atoms with Gasteiger partial charge in [0.05, 0.1) is 5.92 Å². The van der Waals surface area contributed by atoms with Gasteiger partial charge in [-0.25, -0.2) is 0 Å². The fraction of sp³-hybridized carbons (Fsp3) is 0.438. The Labute approximate surface area is 139 Å². The van der Waals surface area contributed by atoms with Gasteiger partial charge in [-0.15, -0.1) is 0 Å². The van der Waals surface area contributed by atoms with E-state index in [0.29, 0.717) is 30.0 Å². The van der Waals surface area contributed by atoms with Crippen LogP contribution in [0.1, 0.15) is 30.1 Å². The Morgan fingerprint density at radius 2 is 1.96 bits per heavy atom. The van der Waals surface area contributed by atoms with Gasteiger partial charge in [-0.3, -0.25) is 14.4 Å². The summed E-state index contributed by atoms with van der Waals surface area (Å²) in [5.41, 5.74) is 5.61. The van der Waals surface area contributed by atoms with Crippen LogP contribution in [0.3, 0.4) is 0 Å². The number of primary amides is 1. The van der Waals surface area contributed by atoms with E-state index in [-0.39, 0.29) is 12.5 Å². The number of nitrogens with zero attached hydrogens (tertiary/aromatic N) is 1. The minimum absolute atomic E-state index is 0.151. The van der Waals surface area contributed by atoms with Crippen molar-refractivity contribution in [3.8, 4) is 0 Å². The molecule has 1 saturated heterocycles. The molecule has 0 unspecified atom stereocenters. The molecule has 2 amide bonds. The average Bonchev–Trinajstić information content (AvgIpc) is 2.54. The Bertz CT molecular complexity index is 603. The Kier molecular flexibility index (Phi) is 5.60. The Morgan fingerprint density at radius 3 is 2.57 bits per heavy atom. The summed E-state index contributed by atoms with van der Waals surface area (Å²) in [5, 5.41) is 0.557. The van der Waals surface area contributed by atoms with Crippen molar-refractivity contribution in [2.24, 2.45) is 11.7 Å². The van der Waals surface area contributed by atoms with Crippen molar-refractivity contribution < 1.29 is 19.1 Å². The van der Waals surface area contributed by atoms with Gasteiger partial charge >= 0.3 is 5.97 Å². The summed E-state index contributed by atoms with van der Waals surface area (Å²) in [5.74, 6) is -1.78. The molecule has 2 atom stereocenters. The van der Waals surface area contributed by atoms with Crippen LogP contribution in [-0.2, 0) is 14.3 Å². The number of benzene rings is 1. The predicted octanol–water partition coefficient (Wildman–Crippen LogP) is 1.61. The molecule has 1 aliphatic heterocycles. The lowest BCUT2D eigenvalue weighted by molar-refractivity contribution is -0.159. The van der Waals surface area contributed by atoms with Crippen LogP contribution < -0.4 is 5.73 Å². The Morgan fingerprint density at radius 1 is 1.30 bits per heavy atom. The van der Waals surface area contributed by atoms with E-state index in [2.05, 4.69) is 0 Å². The normalized spacial score (nSPS) is 19.0. The molecule has 1 heterocycles. The van der Waals surface area contributed by atoms with Gasteiger partial charge < -0.3 is 15.4 Å². The smallest absolute Gasteiger partial charge is 0.311 e. The van der Waals surface area contributed by atoms with Crippen LogP contribution in [0.2, 0.25) is 5.02 Å². The number of esters is 1. The second-order valence-electron chi connectivity index (χ2n) is 5.58. The van der Waals surface area contributed by atoms with E-state index in [1.807, 2.05) is 0 Å². The van der Waals surface area contributed by atoms with Crippen LogP contribution in [-0.4, -0.2) is 41.9 Å². The zero-order valence-corrected chi connectivity index (χ0v) is 13.6. The van der Waals surface area contributed by atoms with Crippen LogP contribution in [0.4, 0.5) is 0 Å². The van der Waals surface area contributed by atoms with Crippen molar-refractivity contribution in [1.82, 2.24) is 4.90 Å². The maximum Gasteiger partial charge on any atom is 0.311 e. The summed E-state index contributed by atoms with van der Waals surface area (Å²) in [6, 6.07) is 6.61. The van der Waals surface area contributed by atoms with Gasteiger partial charge in [-0.1, -0.05) is 11.6 Å². The first-order valence-corrected chi connectivity index (χ1v) is 7.81. The largest absolute Gasteiger partial charge is 0.452 e. The van der Waals surface area contributed by atoms with Gasteiger partial charge in [0.15, 0.2) is 6.10 Å². The lowest BCUT2D eigenvalue weighted by Gasteiger charge is -2.32. The molecule has 0 spiro atoms. The molecule has 2 rings (SSSR count). The van der Waals surface area contributed by atoms with E-state index in [0.717, 1.165) is 0 Å². The molecule has 23 heavy (non-hydrogen) atoms. The lowest BCUT2D eigenvalue weighted by Crippen LogP contribution is -2.44. The third kappa shape index (κ3) is 4.45. The highest BCUT2D eigenvalue weighted by Gasteiger charge is 2.31. The lowest BCUT2D eigenvalue weighted by atomic mass is 9.97. The molecule has 0 saturated carbocycles. The number of hydrogen-bond donors (Lipinski definition) is 1. The molecule has 0 aliphatic carbocycles. The van der Waals surface area contributed by atoms with Gasteiger partial charge in [0.1, 0.15) is 0 Å². The topological polar surface area (TPSA) is 89.7 Å². The SMILES string of the molecule is C[C@@H](OC(=O)[C@@H]1CCCN(C(=O)c2ccc(Cl)cc2)C1)C(N)=O. The fourth-order valence-electron chi connectivity index (χ4n) is 2.46. The number of likely N-dealkylation sites (tertiary alicyclic amines) is 1. The van der Waals surface area contributed by atoms with Gasteiger partial charge in [0.25, 0.3) is 11.8 Å². The minimum atomic E-state index is -0.968. The van der Waals surface area contributed by atoms with Crippen LogP contribution in [0.15, 0.2) is 24.3 Å². The van der Waals surface area contributed by atoms with Crippen molar-refractivity contribution in [3.05, 3.63) is 34.9 Å². The molecule has 124 valence electrons. The van der Waals surface area contributed by atoms with Crippen LogP contribution in [0.5, 0.6) is 0 Å².